The normalized spacial score (nSPS) is 11.3. The zero-order valence-electron chi connectivity index (χ0n) is 12.2. The maximum Gasteiger partial charge on any atom is 0.131 e. The summed E-state index contributed by atoms with van der Waals surface area (Å²) in [6.07, 6.45) is 3.72. The Kier molecular flexibility index (Phi) is 3.95. The molecule has 0 bridgehead atoms. The minimum atomic E-state index is 0.329. The first-order chi connectivity index (χ1) is 9.04. The molecule has 0 amide bonds. The molecule has 0 spiro atoms. The van der Waals surface area contributed by atoms with E-state index in [1.165, 1.54) is 0 Å². The van der Waals surface area contributed by atoms with Crippen LogP contribution in [-0.2, 0) is 6.54 Å². The van der Waals surface area contributed by atoms with Crippen LogP contribution in [0.5, 0.6) is 0 Å². The Labute approximate surface area is 114 Å². The van der Waals surface area contributed by atoms with Crippen LogP contribution < -0.4 is 5.32 Å². The van der Waals surface area contributed by atoms with Gasteiger partial charge in [-0.25, -0.2) is 15.0 Å². The molecule has 0 fully saturated rings. The zero-order chi connectivity index (χ0) is 14.0. The van der Waals surface area contributed by atoms with Crippen molar-refractivity contribution in [3.63, 3.8) is 0 Å². The summed E-state index contributed by atoms with van der Waals surface area (Å²) in [6, 6.07) is 0. The predicted octanol–water partition coefficient (Wildman–Crippen LogP) is 2.12. The maximum atomic E-state index is 4.67. The van der Waals surface area contributed by atoms with Gasteiger partial charge in [-0.1, -0.05) is 13.8 Å². The average Bonchev–Trinajstić information content (AvgIpc) is 2.70. The van der Waals surface area contributed by atoms with Gasteiger partial charge in [0.2, 0.25) is 0 Å². The highest BCUT2D eigenvalue weighted by molar-refractivity contribution is 5.37. The van der Waals surface area contributed by atoms with Crippen molar-refractivity contribution >= 4 is 0 Å². The molecule has 1 N–H and O–H groups in total. The number of aromatic nitrogens is 4. The van der Waals surface area contributed by atoms with Crippen molar-refractivity contribution in [3.05, 3.63) is 35.4 Å². The van der Waals surface area contributed by atoms with Gasteiger partial charge < -0.3 is 5.32 Å². The van der Waals surface area contributed by atoms with Gasteiger partial charge in [0.25, 0.3) is 0 Å². The molecule has 0 saturated carbocycles. The van der Waals surface area contributed by atoms with Gasteiger partial charge in [0.15, 0.2) is 0 Å². The van der Waals surface area contributed by atoms with E-state index in [2.05, 4.69) is 41.0 Å². The molecule has 0 radical (unpaired) electrons. The Morgan fingerprint density at radius 3 is 2.53 bits per heavy atom. The lowest BCUT2D eigenvalue weighted by Crippen LogP contribution is -2.14. The molecule has 0 saturated heterocycles. The van der Waals surface area contributed by atoms with E-state index < -0.39 is 0 Å². The van der Waals surface area contributed by atoms with Crippen molar-refractivity contribution in [2.45, 2.75) is 40.2 Å². The van der Waals surface area contributed by atoms with Crippen molar-refractivity contribution in [1.82, 2.24) is 24.8 Å². The summed E-state index contributed by atoms with van der Waals surface area (Å²) in [4.78, 5) is 13.5. The highest BCUT2D eigenvalue weighted by Crippen LogP contribution is 2.18. The smallest absolute Gasteiger partial charge is 0.131 e. The Bertz CT molecular complexity index is 571. The second-order valence-corrected chi connectivity index (χ2v) is 5.03. The first-order valence-electron chi connectivity index (χ1n) is 6.56. The lowest BCUT2D eigenvalue weighted by atomic mass is 10.2. The van der Waals surface area contributed by atoms with E-state index in [-0.39, 0.29) is 0 Å². The molecule has 0 unspecified atom stereocenters. The molecule has 0 aliphatic heterocycles. The molecule has 2 aromatic rings. The highest BCUT2D eigenvalue weighted by atomic mass is 15.1. The Morgan fingerprint density at radius 1 is 1.26 bits per heavy atom. The molecule has 5 nitrogen and oxygen atoms in total. The summed E-state index contributed by atoms with van der Waals surface area (Å²) in [5, 5.41) is 3.16. The maximum absolute atomic E-state index is 4.67. The van der Waals surface area contributed by atoms with Crippen LogP contribution in [0.3, 0.4) is 0 Å². The summed E-state index contributed by atoms with van der Waals surface area (Å²) in [5.74, 6) is 1.21. The van der Waals surface area contributed by atoms with Crippen LogP contribution in [0.2, 0.25) is 0 Å². The van der Waals surface area contributed by atoms with Crippen molar-refractivity contribution < 1.29 is 0 Å². The van der Waals surface area contributed by atoms with Crippen molar-refractivity contribution in [1.29, 1.82) is 0 Å². The fourth-order valence-electron chi connectivity index (χ4n) is 1.94. The van der Waals surface area contributed by atoms with Crippen LogP contribution >= 0.6 is 0 Å². The lowest BCUT2D eigenvalue weighted by molar-refractivity contribution is 0.716. The van der Waals surface area contributed by atoms with Crippen LogP contribution in [-0.4, -0.2) is 26.6 Å². The first kappa shape index (κ1) is 13.7. The summed E-state index contributed by atoms with van der Waals surface area (Å²) < 4.78 is 2.05. The summed E-state index contributed by atoms with van der Waals surface area (Å²) in [5.41, 5.74) is 4.15. The molecular formula is C14H21N5. The second-order valence-electron chi connectivity index (χ2n) is 5.03. The van der Waals surface area contributed by atoms with E-state index in [1.807, 2.05) is 31.1 Å². The second kappa shape index (κ2) is 5.48. The van der Waals surface area contributed by atoms with Gasteiger partial charge in [-0.3, -0.25) is 4.57 Å². The van der Waals surface area contributed by atoms with Gasteiger partial charge >= 0.3 is 0 Å². The van der Waals surface area contributed by atoms with Gasteiger partial charge in [0, 0.05) is 18.2 Å². The SMILES string of the molecule is CNCc1nc(C(C)C)ncc1-n1cnc(C)c1C. The third-order valence-corrected chi connectivity index (χ3v) is 3.24. The molecule has 0 aromatic carbocycles. The number of nitrogens with one attached hydrogen (secondary N) is 1. The third kappa shape index (κ3) is 2.66. The number of aryl methyl sites for hydroxylation is 1. The zero-order valence-corrected chi connectivity index (χ0v) is 12.2. The van der Waals surface area contributed by atoms with Crippen molar-refractivity contribution in [2.24, 2.45) is 0 Å². The number of hydrogen-bond acceptors (Lipinski definition) is 4. The summed E-state index contributed by atoms with van der Waals surface area (Å²) in [7, 11) is 1.92. The minimum absolute atomic E-state index is 0.329. The van der Waals surface area contributed by atoms with Gasteiger partial charge in [0.05, 0.1) is 29.6 Å². The van der Waals surface area contributed by atoms with Gasteiger partial charge in [-0.15, -0.1) is 0 Å². The fraction of sp³-hybridized carbons (Fsp3) is 0.500. The van der Waals surface area contributed by atoms with Crippen LogP contribution in [0.1, 0.15) is 42.7 Å². The minimum Gasteiger partial charge on any atom is -0.314 e. The Balaban J connectivity index is 2.53. The molecule has 0 atom stereocenters. The molecule has 102 valence electrons. The first-order valence-corrected chi connectivity index (χ1v) is 6.56. The number of nitrogens with zero attached hydrogens (tertiary/aromatic N) is 4. The largest absolute Gasteiger partial charge is 0.314 e. The van der Waals surface area contributed by atoms with Gasteiger partial charge in [-0.05, 0) is 20.9 Å². The molecule has 2 aromatic heterocycles. The van der Waals surface area contributed by atoms with Crippen LogP contribution in [0.4, 0.5) is 0 Å². The Hall–Kier alpha value is -1.75. The van der Waals surface area contributed by atoms with Crippen LogP contribution in [0.25, 0.3) is 5.69 Å². The van der Waals surface area contributed by atoms with E-state index in [0.29, 0.717) is 12.5 Å². The van der Waals surface area contributed by atoms with Crippen LogP contribution in [0, 0.1) is 13.8 Å². The molecule has 19 heavy (non-hydrogen) atoms. The quantitative estimate of drug-likeness (QED) is 0.913. The highest BCUT2D eigenvalue weighted by Gasteiger charge is 2.13. The Morgan fingerprint density at radius 2 is 2.00 bits per heavy atom. The number of rotatable bonds is 4. The predicted molar refractivity (Wildman–Crippen MR) is 75.5 cm³/mol. The molecular weight excluding hydrogens is 238 g/mol. The molecule has 0 aliphatic rings. The van der Waals surface area contributed by atoms with Crippen molar-refractivity contribution in [3.8, 4) is 5.69 Å². The van der Waals surface area contributed by atoms with E-state index in [9.17, 15) is 0 Å². The van der Waals surface area contributed by atoms with E-state index in [4.69, 9.17) is 0 Å². The van der Waals surface area contributed by atoms with Crippen molar-refractivity contribution in [2.75, 3.05) is 7.05 Å². The number of hydrogen-bond donors (Lipinski definition) is 1. The summed E-state index contributed by atoms with van der Waals surface area (Å²) >= 11 is 0. The van der Waals surface area contributed by atoms with E-state index in [0.717, 1.165) is 28.6 Å². The standard InChI is InChI=1S/C14H21N5/c1-9(2)14-16-7-13(12(18-14)6-15-5)19-8-17-10(3)11(19)4/h7-9,15H,6H2,1-5H3. The lowest BCUT2D eigenvalue weighted by Gasteiger charge is -2.13. The van der Waals surface area contributed by atoms with Gasteiger partial charge in [-0.2, -0.15) is 0 Å². The molecule has 5 heteroatoms. The van der Waals surface area contributed by atoms with Crippen LogP contribution in [0.15, 0.2) is 12.5 Å². The fourth-order valence-corrected chi connectivity index (χ4v) is 1.94. The van der Waals surface area contributed by atoms with E-state index in [1.54, 1.807) is 0 Å². The summed E-state index contributed by atoms with van der Waals surface area (Å²) in [6.45, 7) is 8.98. The monoisotopic (exact) mass is 259 g/mol. The third-order valence-electron chi connectivity index (χ3n) is 3.24. The molecule has 0 aliphatic carbocycles. The number of imidazole rings is 1. The molecule has 2 heterocycles. The van der Waals surface area contributed by atoms with E-state index >= 15 is 0 Å². The average molecular weight is 259 g/mol. The topological polar surface area (TPSA) is 55.6 Å². The van der Waals surface area contributed by atoms with Gasteiger partial charge in [0.1, 0.15) is 5.82 Å². The molecule has 2 rings (SSSR count).